The molecule has 23 heteroatoms. The molecule has 2 aromatic carbocycles. The summed E-state index contributed by atoms with van der Waals surface area (Å²) in [6.45, 7) is 11.9. The summed E-state index contributed by atoms with van der Waals surface area (Å²) >= 11 is 1.47. The Balaban J connectivity index is 1.32. The first-order valence-electron chi connectivity index (χ1n) is 26.4. The van der Waals surface area contributed by atoms with E-state index in [2.05, 4.69) is 36.4 Å². The van der Waals surface area contributed by atoms with E-state index in [0.717, 1.165) is 17.0 Å². The zero-order chi connectivity index (χ0) is 57.6. The number of hydrogen-bond acceptors (Lipinski definition) is 15. The Morgan fingerprint density at radius 1 is 0.808 bits per heavy atom. The van der Waals surface area contributed by atoms with Crippen molar-refractivity contribution in [3.8, 4) is 0 Å². The number of nitrogens with two attached hydrogens (primary N) is 1. The molecule has 78 heavy (non-hydrogen) atoms. The number of thiazole rings is 1. The van der Waals surface area contributed by atoms with Gasteiger partial charge in [0.15, 0.2) is 0 Å². The second-order valence-corrected chi connectivity index (χ2v) is 21.3. The average molecular weight is 1110 g/mol. The highest BCUT2D eigenvalue weighted by Gasteiger charge is 2.43. The van der Waals surface area contributed by atoms with Gasteiger partial charge in [-0.15, -0.1) is 11.3 Å². The average Bonchev–Trinajstić information content (AvgIpc) is 4.15. The first-order chi connectivity index (χ1) is 37.1. The van der Waals surface area contributed by atoms with E-state index in [1.54, 1.807) is 77.2 Å². The number of ether oxygens (including phenoxy) is 3. The molecule has 1 fully saturated rings. The number of rotatable bonds is 30. The van der Waals surface area contributed by atoms with Crippen molar-refractivity contribution in [3.05, 3.63) is 82.3 Å². The number of carbonyl (C=O) groups is 8. The van der Waals surface area contributed by atoms with Crippen molar-refractivity contribution in [2.24, 2.45) is 29.6 Å². The highest BCUT2D eigenvalue weighted by Crippen LogP contribution is 2.30. The number of hydrogen-bond donors (Lipinski definition) is 6. The maximum Gasteiger partial charge on any atom is 0.410 e. The molecule has 3 aromatic rings. The first kappa shape index (κ1) is 64.0. The summed E-state index contributed by atoms with van der Waals surface area (Å²) in [5.41, 5.74) is 2.05. The number of carbonyl (C=O) groups excluding carboxylic acids is 8. The topological polar surface area (TPSA) is 282 Å². The predicted octanol–water partition coefficient (Wildman–Crippen LogP) is 3.96. The maximum atomic E-state index is 14.4. The summed E-state index contributed by atoms with van der Waals surface area (Å²) in [4.78, 5) is 120. The Kier molecular flexibility index (Phi) is 26.1. The van der Waals surface area contributed by atoms with E-state index in [0.29, 0.717) is 37.1 Å². The van der Waals surface area contributed by atoms with Gasteiger partial charge in [0.1, 0.15) is 30.3 Å². The maximum absolute atomic E-state index is 14.4. The molecule has 1 aliphatic rings. The minimum absolute atomic E-state index is 0.0487. The summed E-state index contributed by atoms with van der Waals surface area (Å²) in [5, 5.41) is 16.3. The number of nitrogens with zero attached hydrogens (tertiary/aromatic N) is 4. The van der Waals surface area contributed by atoms with Gasteiger partial charge in [-0.2, -0.15) is 0 Å². The summed E-state index contributed by atoms with van der Waals surface area (Å²) in [5.74, 6) is 0.466. The Labute approximate surface area is 462 Å². The molecule has 1 aromatic heterocycles. The van der Waals surface area contributed by atoms with Crippen LogP contribution in [0.5, 0.6) is 0 Å². The molecule has 22 nitrogen and oxygen atoms in total. The number of aromatic nitrogens is 1. The fraction of sp³-hybridized carbons (Fsp3) is 0.582. The second-order valence-electron chi connectivity index (χ2n) is 20.4. The van der Waals surface area contributed by atoms with Crippen LogP contribution in [-0.4, -0.2) is 158 Å². The minimum atomic E-state index is -1.01. The number of likely N-dealkylation sites (tertiary alicyclic amines) is 1. The zero-order valence-corrected chi connectivity index (χ0v) is 47.8. The van der Waals surface area contributed by atoms with E-state index in [1.807, 2.05) is 56.5 Å². The van der Waals surface area contributed by atoms with E-state index in [1.165, 1.54) is 35.3 Å². The molecular weight excluding hydrogens is 1020 g/mol. The smallest absolute Gasteiger partial charge is 0.410 e. The molecule has 430 valence electrons. The quantitative estimate of drug-likeness (QED) is 0.0516. The Morgan fingerprint density at radius 2 is 1.49 bits per heavy atom. The molecule has 1 aliphatic heterocycles. The molecule has 3 unspecified atom stereocenters. The lowest BCUT2D eigenvalue weighted by Crippen LogP contribution is -2.55. The molecule has 7 N–H and O–H groups in total. The third kappa shape index (κ3) is 18.6. The number of anilines is 1. The van der Waals surface area contributed by atoms with Gasteiger partial charge in [-0.3, -0.25) is 43.3 Å². The molecular formula is C55H82N10O12S. The summed E-state index contributed by atoms with van der Waals surface area (Å²) in [6, 6.07) is 13.1. The number of benzene rings is 2. The van der Waals surface area contributed by atoms with Crippen LogP contribution in [0.2, 0.25) is 0 Å². The highest BCUT2D eigenvalue weighted by atomic mass is 32.1. The van der Waals surface area contributed by atoms with Crippen LogP contribution in [0.4, 0.5) is 10.5 Å². The minimum Gasteiger partial charge on any atom is -0.445 e. The van der Waals surface area contributed by atoms with Gasteiger partial charge in [0, 0.05) is 52.1 Å². The van der Waals surface area contributed by atoms with E-state index >= 15 is 0 Å². The van der Waals surface area contributed by atoms with Crippen LogP contribution in [0.15, 0.2) is 66.2 Å². The Hall–Kier alpha value is -6.53. The molecule has 4 rings (SSSR count). The molecule has 0 spiro atoms. The van der Waals surface area contributed by atoms with Crippen LogP contribution in [-0.2, 0) is 65.6 Å². The van der Waals surface area contributed by atoms with Crippen LogP contribution in [0.25, 0.3) is 0 Å². The van der Waals surface area contributed by atoms with E-state index < -0.39 is 85.0 Å². The molecule has 2 heterocycles. The Bertz CT molecular complexity index is 2410. The van der Waals surface area contributed by atoms with Gasteiger partial charge in [0.2, 0.25) is 41.4 Å². The van der Waals surface area contributed by atoms with E-state index in [9.17, 15) is 38.4 Å². The molecule has 0 aliphatic carbocycles. The zero-order valence-electron chi connectivity index (χ0n) is 46.9. The predicted molar refractivity (Wildman–Crippen MR) is 294 cm³/mol. The fourth-order valence-corrected chi connectivity index (χ4v) is 10.4. The molecule has 0 bridgehead atoms. The number of methoxy groups -OCH3 is 2. The monoisotopic (exact) mass is 1110 g/mol. The molecule has 0 saturated carbocycles. The van der Waals surface area contributed by atoms with E-state index in [4.69, 9.17) is 20.1 Å². The van der Waals surface area contributed by atoms with Gasteiger partial charge in [0.05, 0.1) is 55.8 Å². The van der Waals surface area contributed by atoms with Gasteiger partial charge in [-0.05, 0) is 60.3 Å². The number of nitrogens with one attached hydrogen (secondary N) is 5. The molecule has 1 saturated heterocycles. The normalized spacial score (nSPS) is 16.4. The number of likely N-dealkylation sites (N-methyl/N-ethyl adjacent to an activating group) is 2. The lowest BCUT2D eigenvalue weighted by molar-refractivity contribution is -0.146. The van der Waals surface area contributed by atoms with Crippen LogP contribution in [0, 0.1) is 23.7 Å². The lowest BCUT2D eigenvalue weighted by Gasteiger charge is -2.39. The van der Waals surface area contributed by atoms with Crippen molar-refractivity contribution in [2.75, 3.05) is 59.9 Å². The molecule has 9 atom stereocenters. The SMILES string of the molecule is CC[C@H](C)C([C@@H](CC(=O)N1CCC[C@H]1[C@H](OC)[C@@H](C)C(=O)N[C@@H](Cc1ccccc1)c1nccs1)OC)N(C)C(=O)CNC(=O)C(C(C)C)N(C)C(=O)OCc1ccc(NC(=O)CNC(=O)C(NC(=O)CON)C(C)C)cc1. The third-order valence-corrected chi connectivity index (χ3v) is 15.1. The summed E-state index contributed by atoms with van der Waals surface area (Å²) in [7, 11) is 6.12. The summed E-state index contributed by atoms with van der Waals surface area (Å²) < 4.78 is 17.6. The Morgan fingerprint density at radius 3 is 2.08 bits per heavy atom. The standard InChI is InChI=1S/C55H82N10O12S/c1-12-35(6)49(42(74-10)28-45(68)65-25-16-19-41(65)50(75-11)36(7)51(70)61-40(54-57-24-26-78-54)27-37-17-14-13-15-18-37)63(8)46(69)30-59-53(72)48(34(4)5)64(9)55(73)76-31-38-20-22-39(23-21-38)60-43(66)29-58-52(71)47(33(2)3)62-44(67)32-77-56/h13-15,17-18,20-24,26,33-36,40-42,47-50H,12,16,19,25,27-32,56H2,1-11H3,(H,58,71)(H,59,72)(H,60,66)(H,61,70)(H,62,67)/t35-,36+,40-,41-,42+,47?,48?,49?,50+/m0/s1. The van der Waals surface area contributed by atoms with Gasteiger partial charge >= 0.3 is 6.09 Å². The van der Waals surface area contributed by atoms with Crippen LogP contribution in [0.3, 0.4) is 0 Å². The van der Waals surface area contributed by atoms with Gasteiger partial charge in [-0.25, -0.2) is 15.7 Å². The van der Waals surface area contributed by atoms with Crippen LogP contribution >= 0.6 is 11.3 Å². The fourth-order valence-electron chi connectivity index (χ4n) is 9.76. The lowest BCUT2D eigenvalue weighted by atomic mass is 9.90. The molecule has 8 amide bonds. The van der Waals surface area contributed by atoms with Crippen molar-refractivity contribution >= 4 is 64.5 Å². The van der Waals surface area contributed by atoms with Crippen molar-refractivity contribution in [1.82, 2.24) is 41.0 Å². The van der Waals surface area contributed by atoms with Gasteiger partial charge < -0.3 is 50.6 Å². The van der Waals surface area contributed by atoms with Gasteiger partial charge in [0.25, 0.3) is 0 Å². The van der Waals surface area contributed by atoms with Crippen molar-refractivity contribution < 1.29 is 57.4 Å². The van der Waals surface area contributed by atoms with Crippen LogP contribution in [0.1, 0.15) is 96.3 Å². The molecule has 0 radical (unpaired) electrons. The van der Waals surface area contributed by atoms with E-state index in [-0.39, 0.29) is 61.2 Å². The largest absolute Gasteiger partial charge is 0.445 e. The number of amides is 8. The first-order valence-corrected chi connectivity index (χ1v) is 27.3. The second kappa shape index (κ2) is 31.8. The van der Waals surface area contributed by atoms with Crippen molar-refractivity contribution in [1.29, 1.82) is 0 Å². The van der Waals surface area contributed by atoms with Crippen molar-refractivity contribution in [2.45, 2.75) is 130 Å². The summed E-state index contributed by atoms with van der Waals surface area (Å²) in [6.07, 6.45) is 2.12. The van der Waals surface area contributed by atoms with Crippen LogP contribution < -0.4 is 32.5 Å². The van der Waals surface area contributed by atoms with Gasteiger partial charge in [-0.1, -0.05) is 97.4 Å². The highest BCUT2D eigenvalue weighted by molar-refractivity contribution is 7.09. The third-order valence-electron chi connectivity index (χ3n) is 14.2. The van der Waals surface area contributed by atoms with Crippen molar-refractivity contribution in [3.63, 3.8) is 0 Å².